The van der Waals surface area contributed by atoms with Gasteiger partial charge in [0.15, 0.2) is 0 Å². The topological polar surface area (TPSA) is 88.9 Å². The number of benzene rings is 3. The molecule has 2 amide bonds. The van der Waals surface area contributed by atoms with Gasteiger partial charge in [-0.15, -0.1) is 5.10 Å². The first-order chi connectivity index (χ1) is 14.6. The second-order valence-electron chi connectivity index (χ2n) is 6.29. The lowest BCUT2D eigenvalue weighted by Crippen LogP contribution is -2.16. The fraction of sp³-hybridized carbons (Fsp3) is 0. The minimum Gasteiger partial charge on any atom is -0.290 e. The summed E-state index contributed by atoms with van der Waals surface area (Å²) in [5, 5.41) is 9.59. The first-order valence-corrected chi connectivity index (χ1v) is 9.06. The summed E-state index contributed by atoms with van der Waals surface area (Å²) in [6, 6.07) is 22.8. The molecule has 1 aromatic heterocycles. The van der Waals surface area contributed by atoms with Crippen molar-refractivity contribution in [2.75, 3.05) is 10.6 Å². The Kier molecular flexibility index (Phi) is 5.29. The first-order valence-electron chi connectivity index (χ1n) is 9.06. The second kappa shape index (κ2) is 8.36. The third-order valence-electron chi connectivity index (χ3n) is 4.20. The summed E-state index contributed by atoms with van der Waals surface area (Å²) < 4.78 is 14.5. The van der Waals surface area contributed by atoms with Gasteiger partial charge in [0.2, 0.25) is 5.95 Å². The Balaban J connectivity index is 1.63. The lowest BCUT2D eigenvalue weighted by Gasteiger charge is -2.07. The number of carbonyl (C=O) groups excluding carboxylic acids is 2. The Labute approximate surface area is 171 Å². The van der Waals surface area contributed by atoms with Gasteiger partial charge in [-0.1, -0.05) is 36.4 Å². The van der Waals surface area contributed by atoms with E-state index in [0.29, 0.717) is 11.3 Å². The van der Waals surface area contributed by atoms with Crippen LogP contribution in [0.5, 0.6) is 0 Å². The van der Waals surface area contributed by atoms with Crippen molar-refractivity contribution < 1.29 is 14.0 Å². The van der Waals surface area contributed by atoms with E-state index in [0.717, 1.165) is 0 Å². The Morgan fingerprint density at radius 2 is 1.30 bits per heavy atom. The largest absolute Gasteiger partial charge is 0.290 e. The number of aromatic nitrogens is 3. The monoisotopic (exact) mass is 401 g/mol. The lowest BCUT2D eigenvalue weighted by atomic mass is 10.2. The van der Waals surface area contributed by atoms with Crippen LogP contribution >= 0.6 is 0 Å². The molecule has 0 bridgehead atoms. The number of hydrogen-bond acceptors (Lipinski definition) is 4. The predicted octanol–water partition coefficient (Wildman–Crippen LogP) is 3.91. The molecule has 4 rings (SSSR count). The SMILES string of the molecule is O=C(Nc1nc(NC(=O)c2ccc(F)cc2)n(-c2ccccc2)n1)c1ccccc1. The molecule has 0 radical (unpaired) electrons. The molecule has 2 N–H and O–H groups in total. The van der Waals surface area contributed by atoms with Crippen LogP contribution in [0.3, 0.4) is 0 Å². The number of anilines is 2. The summed E-state index contributed by atoms with van der Waals surface area (Å²) >= 11 is 0. The van der Waals surface area contributed by atoms with Crippen LogP contribution in [-0.4, -0.2) is 26.6 Å². The van der Waals surface area contributed by atoms with E-state index < -0.39 is 11.7 Å². The van der Waals surface area contributed by atoms with Gasteiger partial charge in [-0.05, 0) is 48.5 Å². The zero-order valence-electron chi connectivity index (χ0n) is 15.6. The molecule has 0 aliphatic carbocycles. The number of halogens is 1. The molecular formula is C22H16FN5O2. The molecule has 1 heterocycles. The Bertz CT molecular complexity index is 1180. The van der Waals surface area contributed by atoms with Gasteiger partial charge in [-0.2, -0.15) is 9.67 Å². The maximum atomic E-state index is 13.1. The molecule has 4 aromatic rings. The Hall–Kier alpha value is -4.33. The van der Waals surface area contributed by atoms with Gasteiger partial charge < -0.3 is 0 Å². The number of amides is 2. The molecule has 0 atom stereocenters. The van der Waals surface area contributed by atoms with Crippen molar-refractivity contribution in [2.24, 2.45) is 0 Å². The molecule has 0 spiro atoms. The van der Waals surface area contributed by atoms with E-state index in [1.54, 1.807) is 36.4 Å². The summed E-state index contributed by atoms with van der Waals surface area (Å²) in [6.45, 7) is 0. The molecule has 0 fully saturated rings. The summed E-state index contributed by atoms with van der Waals surface area (Å²) in [7, 11) is 0. The average molecular weight is 401 g/mol. The zero-order chi connectivity index (χ0) is 20.9. The van der Waals surface area contributed by atoms with Crippen LogP contribution < -0.4 is 10.6 Å². The van der Waals surface area contributed by atoms with Crippen LogP contribution in [0.4, 0.5) is 16.3 Å². The van der Waals surface area contributed by atoms with Gasteiger partial charge in [-0.3, -0.25) is 20.2 Å². The highest BCUT2D eigenvalue weighted by atomic mass is 19.1. The smallest absolute Gasteiger partial charge is 0.258 e. The van der Waals surface area contributed by atoms with Crippen LogP contribution in [0.1, 0.15) is 20.7 Å². The molecule has 148 valence electrons. The third-order valence-corrected chi connectivity index (χ3v) is 4.20. The molecule has 0 saturated heterocycles. The van der Waals surface area contributed by atoms with Crippen molar-refractivity contribution >= 4 is 23.7 Å². The quantitative estimate of drug-likeness (QED) is 0.531. The summed E-state index contributed by atoms with van der Waals surface area (Å²) in [5.74, 6) is -1.16. The highest BCUT2D eigenvalue weighted by molar-refractivity contribution is 6.04. The molecular weight excluding hydrogens is 385 g/mol. The van der Waals surface area contributed by atoms with Gasteiger partial charge >= 0.3 is 0 Å². The minimum atomic E-state index is -0.486. The molecule has 7 nitrogen and oxygen atoms in total. The van der Waals surface area contributed by atoms with E-state index in [2.05, 4.69) is 20.7 Å². The van der Waals surface area contributed by atoms with Crippen LogP contribution in [0.2, 0.25) is 0 Å². The van der Waals surface area contributed by atoms with Crippen LogP contribution in [0.25, 0.3) is 5.69 Å². The predicted molar refractivity (Wildman–Crippen MR) is 110 cm³/mol. The average Bonchev–Trinajstić information content (AvgIpc) is 3.17. The van der Waals surface area contributed by atoms with Gasteiger partial charge in [0, 0.05) is 11.1 Å². The van der Waals surface area contributed by atoms with E-state index in [4.69, 9.17) is 0 Å². The van der Waals surface area contributed by atoms with Gasteiger partial charge in [0.05, 0.1) is 5.69 Å². The molecule has 0 unspecified atom stereocenters. The van der Waals surface area contributed by atoms with Crippen LogP contribution in [0.15, 0.2) is 84.9 Å². The molecule has 30 heavy (non-hydrogen) atoms. The number of carbonyl (C=O) groups is 2. The Morgan fingerprint density at radius 3 is 1.97 bits per heavy atom. The van der Waals surface area contributed by atoms with Crippen molar-refractivity contribution in [3.05, 3.63) is 102 Å². The molecule has 0 aliphatic heterocycles. The van der Waals surface area contributed by atoms with E-state index in [-0.39, 0.29) is 23.4 Å². The van der Waals surface area contributed by atoms with Crippen molar-refractivity contribution in [3.63, 3.8) is 0 Å². The van der Waals surface area contributed by atoms with Crippen molar-refractivity contribution in [3.8, 4) is 5.69 Å². The minimum absolute atomic E-state index is 0.0297. The van der Waals surface area contributed by atoms with E-state index in [9.17, 15) is 14.0 Å². The van der Waals surface area contributed by atoms with Crippen LogP contribution in [-0.2, 0) is 0 Å². The zero-order valence-corrected chi connectivity index (χ0v) is 15.6. The van der Waals surface area contributed by atoms with E-state index >= 15 is 0 Å². The number of hydrogen-bond donors (Lipinski definition) is 2. The number of nitrogens with zero attached hydrogens (tertiary/aromatic N) is 3. The van der Waals surface area contributed by atoms with E-state index in [1.165, 1.54) is 28.9 Å². The summed E-state index contributed by atoms with van der Waals surface area (Å²) in [6.07, 6.45) is 0. The van der Waals surface area contributed by atoms with E-state index in [1.807, 2.05) is 24.3 Å². The Morgan fingerprint density at radius 1 is 0.733 bits per heavy atom. The number of nitrogens with one attached hydrogen (secondary N) is 2. The standard InChI is InChI=1S/C22H16FN5O2/c23-17-13-11-16(12-14-17)20(30)25-22-26-21(24-19(29)15-7-3-1-4-8-15)27-28(22)18-9-5-2-6-10-18/h1-14H,(H2,24,25,26,27,29,30). The highest BCUT2D eigenvalue weighted by Gasteiger charge is 2.17. The number of rotatable bonds is 5. The summed E-state index contributed by atoms with van der Waals surface area (Å²) in [5.41, 5.74) is 1.35. The molecule has 0 saturated carbocycles. The fourth-order valence-electron chi connectivity index (χ4n) is 2.73. The first kappa shape index (κ1) is 19.0. The van der Waals surface area contributed by atoms with Crippen molar-refractivity contribution in [2.45, 2.75) is 0 Å². The van der Waals surface area contributed by atoms with Gasteiger partial charge in [0.25, 0.3) is 17.8 Å². The summed E-state index contributed by atoms with van der Waals surface area (Å²) in [4.78, 5) is 29.2. The third kappa shape index (κ3) is 4.22. The molecule has 3 aromatic carbocycles. The normalized spacial score (nSPS) is 10.4. The van der Waals surface area contributed by atoms with Gasteiger partial charge in [0.1, 0.15) is 5.82 Å². The van der Waals surface area contributed by atoms with Crippen LogP contribution in [0, 0.1) is 5.82 Å². The highest BCUT2D eigenvalue weighted by Crippen LogP contribution is 2.18. The second-order valence-corrected chi connectivity index (χ2v) is 6.29. The fourth-order valence-corrected chi connectivity index (χ4v) is 2.73. The van der Waals surface area contributed by atoms with Crippen molar-refractivity contribution in [1.29, 1.82) is 0 Å². The maximum absolute atomic E-state index is 13.1. The lowest BCUT2D eigenvalue weighted by molar-refractivity contribution is 0.101. The maximum Gasteiger partial charge on any atom is 0.258 e. The van der Waals surface area contributed by atoms with Crippen molar-refractivity contribution in [1.82, 2.24) is 14.8 Å². The molecule has 8 heteroatoms. The van der Waals surface area contributed by atoms with Gasteiger partial charge in [-0.25, -0.2) is 4.39 Å². The number of para-hydroxylation sites is 1. The molecule has 0 aliphatic rings.